The van der Waals surface area contributed by atoms with Gasteiger partial charge in [-0.2, -0.15) is 5.26 Å². The fraction of sp³-hybridized carbons (Fsp3) is 0.941. The van der Waals surface area contributed by atoms with Crippen molar-refractivity contribution >= 4 is 0 Å². The number of hydrogen-bond donors (Lipinski definition) is 0. The lowest BCUT2D eigenvalue weighted by Crippen LogP contribution is -2.49. The molecular formula is C17H30N2. The normalized spacial score (nSPS) is 34.5. The van der Waals surface area contributed by atoms with E-state index in [1.54, 1.807) is 0 Å². The molecule has 2 heteroatoms. The predicted molar refractivity (Wildman–Crippen MR) is 79.8 cm³/mol. The molecule has 0 amide bonds. The number of rotatable bonds is 1. The van der Waals surface area contributed by atoms with Crippen LogP contribution in [0.4, 0.5) is 0 Å². The Morgan fingerprint density at radius 3 is 2.26 bits per heavy atom. The summed E-state index contributed by atoms with van der Waals surface area (Å²) in [6, 6.07) is 2.73. The van der Waals surface area contributed by atoms with Crippen LogP contribution in [0.5, 0.6) is 0 Å². The van der Waals surface area contributed by atoms with Crippen LogP contribution in [0.1, 0.15) is 72.1 Å². The Morgan fingerprint density at radius 2 is 1.68 bits per heavy atom. The molecule has 2 nitrogen and oxygen atoms in total. The summed E-state index contributed by atoms with van der Waals surface area (Å²) in [4.78, 5) is 2.52. The highest BCUT2D eigenvalue weighted by atomic mass is 15.2. The van der Waals surface area contributed by atoms with E-state index in [0.717, 1.165) is 31.8 Å². The number of hydrogen-bond acceptors (Lipinski definition) is 2. The maximum atomic E-state index is 9.82. The van der Waals surface area contributed by atoms with Crippen molar-refractivity contribution in [3.63, 3.8) is 0 Å². The molecule has 0 bridgehead atoms. The third kappa shape index (κ3) is 3.31. The summed E-state index contributed by atoms with van der Waals surface area (Å²) in [6.45, 7) is 9.37. The molecule has 0 aromatic rings. The first-order chi connectivity index (χ1) is 8.98. The van der Waals surface area contributed by atoms with Gasteiger partial charge in [0.1, 0.15) is 5.54 Å². The van der Waals surface area contributed by atoms with E-state index < -0.39 is 0 Å². The lowest BCUT2D eigenvalue weighted by atomic mass is 9.76. The predicted octanol–water partition coefficient (Wildman–Crippen LogP) is 4.36. The zero-order valence-corrected chi connectivity index (χ0v) is 13.0. The van der Waals surface area contributed by atoms with Crippen LogP contribution in [-0.4, -0.2) is 23.5 Å². The van der Waals surface area contributed by atoms with Crippen LogP contribution >= 0.6 is 0 Å². The average Bonchev–Trinajstić information content (AvgIpc) is 2.62. The highest BCUT2D eigenvalue weighted by Crippen LogP contribution is 2.42. The Kier molecular flexibility index (Phi) is 4.56. The molecular weight excluding hydrogens is 232 g/mol. The van der Waals surface area contributed by atoms with Gasteiger partial charge in [-0.1, -0.05) is 33.6 Å². The van der Waals surface area contributed by atoms with Gasteiger partial charge < -0.3 is 0 Å². The van der Waals surface area contributed by atoms with Crippen molar-refractivity contribution in [3.05, 3.63) is 0 Å². The van der Waals surface area contributed by atoms with Crippen LogP contribution in [0.15, 0.2) is 0 Å². The van der Waals surface area contributed by atoms with Crippen molar-refractivity contribution in [2.24, 2.45) is 11.3 Å². The molecule has 0 N–H and O–H groups in total. The molecule has 19 heavy (non-hydrogen) atoms. The molecule has 2 unspecified atom stereocenters. The summed E-state index contributed by atoms with van der Waals surface area (Å²) in [5.41, 5.74) is 0.258. The Hall–Kier alpha value is -0.550. The summed E-state index contributed by atoms with van der Waals surface area (Å²) >= 11 is 0. The first-order valence-electron chi connectivity index (χ1n) is 8.14. The molecule has 1 aliphatic heterocycles. The summed E-state index contributed by atoms with van der Waals surface area (Å²) in [5, 5.41) is 9.82. The van der Waals surface area contributed by atoms with Gasteiger partial charge in [0.2, 0.25) is 0 Å². The molecule has 0 aromatic carbocycles. The number of likely N-dealkylation sites (tertiary alicyclic amines) is 1. The molecule has 0 spiro atoms. The topological polar surface area (TPSA) is 27.0 Å². The van der Waals surface area contributed by atoms with Crippen LogP contribution < -0.4 is 0 Å². The third-order valence-corrected chi connectivity index (χ3v) is 5.44. The first-order valence-corrected chi connectivity index (χ1v) is 8.14. The van der Waals surface area contributed by atoms with E-state index in [1.807, 2.05) is 0 Å². The Bertz CT molecular complexity index is 330. The quantitative estimate of drug-likeness (QED) is 0.656. The minimum Gasteiger partial charge on any atom is -0.286 e. The maximum absolute atomic E-state index is 9.82. The van der Waals surface area contributed by atoms with E-state index in [4.69, 9.17) is 0 Å². The minimum absolute atomic E-state index is 0.138. The molecule has 1 saturated heterocycles. The molecule has 1 saturated carbocycles. The van der Waals surface area contributed by atoms with Crippen LogP contribution in [0, 0.1) is 22.7 Å². The van der Waals surface area contributed by atoms with Gasteiger partial charge in [0.15, 0.2) is 0 Å². The summed E-state index contributed by atoms with van der Waals surface area (Å²) in [6.07, 6.45) is 9.86. The number of nitriles is 1. The molecule has 1 aliphatic carbocycles. The Morgan fingerprint density at radius 1 is 1.00 bits per heavy atom. The van der Waals surface area contributed by atoms with Crippen LogP contribution in [0.2, 0.25) is 0 Å². The summed E-state index contributed by atoms with van der Waals surface area (Å²) in [5.74, 6) is 0.785. The minimum atomic E-state index is -0.138. The largest absolute Gasteiger partial charge is 0.286 e. The van der Waals surface area contributed by atoms with E-state index >= 15 is 0 Å². The zero-order valence-electron chi connectivity index (χ0n) is 13.0. The van der Waals surface area contributed by atoms with Crippen molar-refractivity contribution in [3.8, 4) is 6.07 Å². The molecule has 108 valence electrons. The van der Waals surface area contributed by atoms with Gasteiger partial charge in [-0.3, -0.25) is 4.90 Å². The molecule has 0 aromatic heterocycles. The van der Waals surface area contributed by atoms with Crippen LogP contribution in [0.25, 0.3) is 0 Å². The fourth-order valence-corrected chi connectivity index (χ4v) is 4.01. The van der Waals surface area contributed by atoms with Crippen LogP contribution in [0.3, 0.4) is 0 Å². The highest BCUT2D eigenvalue weighted by molar-refractivity contribution is 5.10. The summed E-state index contributed by atoms with van der Waals surface area (Å²) < 4.78 is 0. The van der Waals surface area contributed by atoms with Crippen LogP contribution in [-0.2, 0) is 0 Å². The molecule has 0 radical (unpaired) electrons. The lowest BCUT2D eigenvalue weighted by molar-refractivity contribution is 0.0929. The first kappa shape index (κ1) is 14.9. The molecule has 2 atom stereocenters. The van der Waals surface area contributed by atoms with Crippen molar-refractivity contribution in [2.45, 2.75) is 77.7 Å². The standard InChI is InChI=1S/C17H30N2/c1-16(2,3)15-8-7-10-17(14-18,11-9-15)19-12-5-4-6-13-19/h15H,4-13H2,1-3H3. The maximum Gasteiger partial charge on any atom is 0.109 e. The van der Waals surface area contributed by atoms with Gasteiger partial charge in [0, 0.05) is 0 Å². The van der Waals surface area contributed by atoms with Gasteiger partial charge >= 0.3 is 0 Å². The second-order valence-corrected chi connectivity index (χ2v) is 7.68. The van der Waals surface area contributed by atoms with Gasteiger partial charge in [0.05, 0.1) is 6.07 Å². The molecule has 2 fully saturated rings. The second kappa shape index (κ2) is 5.83. The number of piperidine rings is 1. The molecule has 2 rings (SSSR count). The summed E-state index contributed by atoms with van der Waals surface area (Å²) in [7, 11) is 0. The number of nitrogens with zero attached hydrogens (tertiary/aromatic N) is 2. The smallest absolute Gasteiger partial charge is 0.109 e. The van der Waals surface area contributed by atoms with Gasteiger partial charge in [-0.05, 0) is 62.9 Å². The monoisotopic (exact) mass is 262 g/mol. The van der Waals surface area contributed by atoms with Crippen molar-refractivity contribution < 1.29 is 0 Å². The van der Waals surface area contributed by atoms with E-state index in [9.17, 15) is 5.26 Å². The van der Waals surface area contributed by atoms with Crippen molar-refractivity contribution in [1.29, 1.82) is 5.26 Å². The fourth-order valence-electron chi connectivity index (χ4n) is 4.01. The van der Waals surface area contributed by atoms with Crippen molar-refractivity contribution in [2.75, 3.05) is 13.1 Å². The third-order valence-electron chi connectivity index (χ3n) is 5.44. The van der Waals surface area contributed by atoms with Crippen molar-refractivity contribution in [1.82, 2.24) is 4.90 Å². The van der Waals surface area contributed by atoms with Gasteiger partial charge in [0.25, 0.3) is 0 Å². The average molecular weight is 262 g/mol. The zero-order chi connectivity index (χ0) is 13.9. The molecule has 2 aliphatic rings. The van der Waals surface area contributed by atoms with E-state index in [0.29, 0.717) is 5.41 Å². The Balaban J connectivity index is 2.08. The van der Waals surface area contributed by atoms with E-state index in [1.165, 1.54) is 38.5 Å². The van der Waals surface area contributed by atoms with E-state index in [-0.39, 0.29) is 5.54 Å². The SMILES string of the molecule is CC(C)(C)C1CCCC(C#N)(N2CCCCC2)CC1. The Labute approximate surface area is 119 Å². The van der Waals surface area contributed by atoms with E-state index in [2.05, 4.69) is 31.7 Å². The lowest BCUT2D eigenvalue weighted by Gasteiger charge is -2.41. The van der Waals surface area contributed by atoms with Gasteiger partial charge in [-0.15, -0.1) is 0 Å². The second-order valence-electron chi connectivity index (χ2n) is 7.68. The highest BCUT2D eigenvalue weighted by Gasteiger charge is 2.40. The molecule has 1 heterocycles. The van der Waals surface area contributed by atoms with Gasteiger partial charge in [-0.25, -0.2) is 0 Å².